The molecule has 1 aliphatic carbocycles. The van der Waals surface area contributed by atoms with Crippen molar-refractivity contribution in [2.45, 2.75) is 64.5 Å². The van der Waals surface area contributed by atoms with Gasteiger partial charge in [-0.05, 0) is 52.4 Å². The van der Waals surface area contributed by atoms with Crippen LogP contribution in [0.4, 0.5) is 4.79 Å². The van der Waals surface area contributed by atoms with E-state index in [9.17, 15) is 4.79 Å². The van der Waals surface area contributed by atoms with E-state index in [-0.39, 0.29) is 11.6 Å². The van der Waals surface area contributed by atoms with Gasteiger partial charge in [0.1, 0.15) is 5.60 Å². The molecule has 1 saturated heterocycles. The zero-order valence-corrected chi connectivity index (χ0v) is 12.8. The first-order valence-corrected chi connectivity index (χ1v) is 7.54. The van der Waals surface area contributed by atoms with Crippen LogP contribution in [-0.2, 0) is 4.74 Å². The summed E-state index contributed by atoms with van der Waals surface area (Å²) in [4.78, 5) is 14.4. The lowest BCUT2D eigenvalue weighted by atomic mass is 9.75. The molecule has 0 aromatic carbocycles. The van der Waals surface area contributed by atoms with E-state index in [4.69, 9.17) is 4.74 Å². The van der Waals surface area contributed by atoms with Gasteiger partial charge < -0.3 is 10.1 Å². The zero-order valence-electron chi connectivity index (χ0n) is 12.8. The molecule has 0 aromatic rings. The van der Waals surface area contributed by atoms with E-state index < -0.39 is 5.60 Å². The smallest absolute Gasteiger partial charge is 0.410 e. The lowest BCUT2D eigenvalue weighted by molar-refractivity contribution is -0.0254. The van der Waals surface area contributed by atoms with Crippen LogP contribution < -0.4 is 5.32 Å². The molecule has 1 heterocycles. The first-order valence-electron chi connectivity index (χ1n) is 7.54. The number of rotatable bonds is 0. The second-order valence-corrected chi connectivity index (χ2v) is 7.22. The van der Waals surface area contributed by atoms with E-state index in [0.717, 1.165) is 38.4 Å². The third-order valence-corrected chi connectivity index (χ3v) is 4.36. The van der Waals surface area contributed by atoms with Crippen LogP contribution in [-0.4, -0.2) is 41.8 Å². The van der Waals surface area contributed by atoms with E-state index in [1.165, 1.54) is 12.8 Å². The minimum Gasteiger partial charge on any atom is -0.444 e. The molecular formula is C15H28N2O2. The summed E-state index contributed by atoms with van der Waals surface area (Å²) in [5, 5.41) is 3.46. The van der Waals surface area contributed by atoms with Gasteiger partial charge in [0.2, 0.25) is 0 Å². The molecule has 1 saturated carbocycles. The maximum absolute atomic E-state index is 12.4. The van der Waals surface area contributed by atoms with Crippen molar-refractivity contribution in [3.8, 4) is 0 Å². The van der Waals surface area contributed by atoms with E-state index >= 15 is 0 Å². The highest BCUT2D eigenvalue weighted by Crippen LogP contribution is 2.37. The van der Waals surface area contributed by atoms with Crippen molar-refractivity contribution < 1.29 is 9.53 Å². The lowest BCUT2D eigenvalue weighted by Crippen LogP contribution is -2.64. The van der Waals surface area contributed by atoms with Crippen molar-refractivity contribution in [3.63, 3.8) is 0 Å². The summed E-state index contributed by atoms with van der Waals surface area (Å²) in [6, 6.07) is 0. The number of nitrogens with zero attached hydrogens (tertiary/aromatic N) is 1. The summed E-state index contributed by atoms with van der Waals surface area (Å²) in [6.07, 6.45) is 4.48. The second kappa shape index (κ2) is 5.31. The highest BCUT2D eigenvalue weighted by Gasteiger charge is 2.44. The van der Waals surface area contributed by atoms with Crippen molar-refractivity contribution in [3.05, 3.63) is 0 Å². The number of nitrogens with one attached hydrogen (secondary N) is 1. The molecule has 4 nitrogen and oxygen atoms in total. The Morgan fingerprint density at radius 2 is 1.95 bits per heavy atom. The van der Waals surface area contributed by atoms with E-state index in [2.05, 4.69) is 12.2 Å². The molecule has 2 fully saturated rings. The molecule has 0 bridgehead atoms. The number of amides is 1. The summed E-state index contributed by atoms with van der Waals surface area (Å²) in [7, 11) is 0. The maximum atomic E-state index is 12.4. The first kappa shape index (κ1) is 14.6. The monoisotopic (exact) mass is 268 g/mol. The average molecular weight is 268 g/mol. The predicted octanol–water partition coefficient (Wildman–Crippen LogP) is 2.78. The Hall–Kier alpha value is -0.770. The minimum absolute atomic E-state index is 0.00685. The standard InChI is InChI=1S/C15H28N2O2/c1-12-5-7-15(8-6-12)11-16-9-10-17(15)13(18)19-14(2,3)4/h12,16H,5-11H2,1-4H3. The van der Waals surface area contributed by atoms with E-state index in [1.54, 1.807) is 0 Å². The quantitative estimate of drug-likeness (QED) is 0.734. The van der Waals surface area contributed by atoms with E-state index in [1.807, 2.05) is 25.7 Å². The molecule has 0 atom stereocenters. The van der Waals surface area contributed by atoms with Gasteiger partial charge in [0.25, 0.3) is 0 Å². The second-order valence-electron chi connectivity index (χ2n) is 7.22. The lowest BCUT2D eigenvalue weighted by Gasteiger charge is -2.50. The number of hydrogen-bond acceptors (Lipinski definition) is 3. The highest BCUT2D eigenvalue weighted by atomic mass is 16.6. The number of piperazine rings is 1. The normalized spacial score (nSPS) is 32.4. The molecule has 19 heavy (non-hydrogen) atoms. The number of hydrogen-bond donors (Lipinski definition) is 1. The third kappa shape index (κ3) is 3.41. The molecule has 1 aliphatic heterocycles. The Kier molecular flexibility index (Phi) is 4.09. The summed E-state index contributed by atoms with van der Waals surface area (Å²) < 4.78 is 5.59. The Balaban J connectivity index is 2.10. The van der Waals surface area contributed by atoms with Crippen molar-refractivity contribution in [1.82, 2.24) is 10.2 Å². The molecule has 0 unspecified atom stereocenters. The minimum atomic E-state index is -0.412. The van der Waals surface area contributed by atoms with Crippen LogP contribution >= 0.6 is 0 Å². The van der Waals surface area contributed by atoms with Crippen LogP contribution in [0.15, 0.2) is 0 Å². The van der Waals surface area contributed by atoms with Crippen LogP contribution in [0.1, 0.15) is 53.4 Å². The number of ether oxygens (including phenoxy) is 1. The Labute approximate surface area is 116 Å². The molecule has 1 amide bonds. The molecular weight excluding hydrogens is 240 g/mol. The largest absolute Gasteiger partial charge is 0.444 e. The molecule has 110 valence electrons. The molecule has 2 aliphatic rings. The van der Waals surface area contributed by atoms with Crippen LogP contribution in [0.5, 0.6) is 0 Å². The van der Waals surface area contributed by atoms with Crippen LogP contribution in [0.2, 0.25) is 0 Å². The summed E-state index contributed by atoms with van der Waals surface area (Å²) in [6.45, 7) is 10.7. The fourth-order valence-electron chi connectivity index (χ4n) is 3.19. The van der Waals surface area contributed by atoms with Gasteiger partial charge in [0.05, 0.1) is 5.54 Å². The first-order chi connectivity index (χ1) is 8.82. The van der Waals surface area contributed by atoms with Gasteiger partial charge in [-0.2, -0.15) is 0 Å². The number of carbonyl (C=O) groups excluding carboxylic acids is 1. The van der Waals surface area contributed by atoms with Crippen LogP contribution in [0.25, 0.3) is 0 Å². The van der Waals surface area contributed by atoms with Crippen LogP contribution in [0.3, 0.4) is 0 Å². The molecule has 0 aromatic heterocycles. The van der Waals surface area contributed by atoms with Gasteiger partial charge in [0.15, 0.2) is 0 Å². The number of carbonyl (C=O) groups is 1. The highest BCUT2D eigenvalue weighted by molar-refractivity contribution is 5.69. The van der Waals surface area contributed by atoms with Gasteiger partial charge in [-0.15, -0.1) is 0 Å². The van der Waals surface area contributed by atoms with Crippen molar-refractivity contribution in [2.24, 2.45) is 5.92 Å². The van der Waals surface area contributed by atoms with Gasteiger partial charge in [-0.3, -0.25) is 4.90 Å². The topological polar surface area (TPSA) is 41.6 Å². The Bertz CT molecular complexity index is 328. The van der Waals surface area contributed by atoms with Gasteiger partial charge in [-0.25, -0.2) is 4.79 Å². The molecule has 1 N–H and O–H groups in total. The van der Waals surface area contributed by atoms with Gasteiger partial charge in [0, 0.05) is 19.6 Å². The Morgan fingerprint density at radius 3 is 2.53 bits per heavy atom. The predicted molar refractivity (Wildman–Crippen MR) is 76.2 cm³/mol. The summed E-state index contributed by atoms with van der Waals surface area (Å²) in [5.74, 6) is 0.785. The summed E-state index contributed by atoms with van der Waals surface area (Å²) in [5.41, 5.74) is -0.418. The van der Waals surface area contributed by atoms with Crippen molar-refractivity contribution in [2.75, 3.05) is 19.6 Å². The molecule has 1 spiro atoms. The Morgan fingerprint density at radius 1 is 1.32 bits per heavy atom. The van der Waals surface area contributed by atoms with Crippen molar-refractivity contribution in [1.29, 1.82) is 0 Å². The van der Waals surface area contributed by atoms with Gasteiger partial charge >= 0.3 is 6.09 Å². The molecule has 4 heteroatoms. The van der Waals surface area contributed by atoms with Crippen molar-refractivity contribution >= 4 is 6.09 Å². The molecule has 0 radical (unpaired) electrons. The molecule has 2 rings (SSSR count). The van der Waals surface area contributed by atoms with E-state index in [0.29, 0.717) is 0 Å². The summed E-state index contributed by atoms with van der Waals surface area (Å²) >= 11 is 0. The third-order valence-electron chi connectivity index (χ3n) is 4.36. The SMILES string of the molecule is CC1CCC2(CC1)CNCCN2C(=O)OC(C)(C)C. The zero-order chi connectivity index (χ0) is 14.1. The average Bonchev–Trinajstić information content (AvgIpc) is 2.31. The fourth-order valence-corrected chi connectivity index (χ4v) is 3.19. The maximum Gasteiger partial charge on any atom is 0.410 e. The van der Waals surface area contributed by atoms with Gasteiger partial charge in [-0.1, -0.05) is 6.92 Å². The van der Waals surface area contributed by atoms with Crippen LogP contribution in [0, 0.1) is 5.92 Å². The fraction of sp³-hybridized carbons (Fsp3) is 0.933.